The minimum absolute atomic E-state index is 0.0587. The van der Waals surface area contributed by atoms with Crippen molar-refractivity contribution in [2.24, 2.45) is 4.99 Å². The van der Waals surface area contributed by atoms with Crippen molar-refractivity contribution < 1.29 is 14.3 Å². The Labute approximate surface area is 185 Å². The highest BCUT2D eigenvalue weighted by molar-refractivity contribution is 6.30. The second-order valence-corrected chi connectivity index (χ2v) is 9.02. The number of guanidine groups is 1. The molecule has 0 unspecified atom stereocenters. The third kappa shape index (κ3) is 7.06. The van der Waals surface area contributed by atoms with Gasteiger partial charge in [0.25, 0.3) is 0 Å². The third-order valence-corrected chi connectivity index (χ3v) is 5.25. The number of hydrogen-bond acceptors (Lipinski definition) is 4. The van der Waals surface area contributed by atoms with Gasteiger partial charge in [-0.1, -0.05) is 11.6 Å². The van der Waals surface area contributed by atoms with E-state index in [4.69, 9.17) is 21.1 Å². The minimum Gasteiger partial charge on any atom is -0.496 e. The predicted molar refractivity (Wildman–Crippen MR) is 122 cm³/mol. The van der Waals surface area contributed by atoms with Gasteiger partial charge in [-0.2, -0.15) is 0 Å². The number of methoxy groups -OCH3 is 1. The fourth-order valence-corrected chi connectivity index (χ4v) is 3.77. The normalized spacial score (nSPS) is 16.7. The molecule has 7 nitrogen and oxygen atoms in total. The zero-order valence-corrected chi connectivity index (χ0v) is 19.5. The van der Waals surface area contributed by atoms with Crippen LogP contribution in [0.2, 0.25) is 5.02 Å². The van der Waals surface area contributed by atoms with Gasteiger partial charge in [0.05, 0.1) is 7.11 Å². The monoisotopic (exact) mass is 438 g/mol. The van der Waals surface area contributed by atoms with Crippen LogP contribution in [0.5, 0.6) is 5.75 Å². The highest BCUT2D eigenvalue weighted by atomic mass is 35.5. The molecule has 1 aromatic carbocycles. The van der Waals surface area contributed by atoms with Crippen LogP contribution in [0.15, 0.2) is 23.2 Å². The maximum Gasteiger partial charge on any atom is 0.242 e. The Bertz CT molecular complexity index is 740. The van der Waals surface area contributed by atoms with Gasteiger partial charge in [0.15, 0.2) is 5.96 Å². The summed E-state index contributed by atoms with van der Waals surface area (Å²) < 4.78 is 11.3. The molecule has 30 heavy (non-hydrogen) atoms. The lowest BCUT2D eigenvalue weighted by molar-refractivity contribution is -0.121. The van der Waals surface area contributed by atoms with Crippen molar-refractivity contribution in [3.05, 3.63) is 28.8 Å². The van der Waals surface area contributed by atoms with Crippen LogP contribution in [0.25, 0.3) is 0 Å². The largest absolute Gasteiger partial charge is 0.496 e. The molecule has 0 saturated carbocycles. The number of rotatable bonds is 7. The van der Waals surface area contributed by atoms with Crippen molar-refractivity contribution in [1.29, 1.82) is 0 Å². The molecule has 168 valence electrons. The Morgan fingerprint density at radius 3 is 2.57 bits per heavy atom. The predicted octanol–water partition coefficient (Wildman–Crippen LogP) is 2.87. The lowest BCUT2D eigenvalue weighted by Gasteiger charge is -2.39. The smallest absolute Gasteiger partial charge is 0.242 e. The number of benzene rings is 1. The number of nitrogens with one attached hydrogen (secondary N) is 3. The molecular formula is C22H35ClN4O3. The average molecular weight is 439 g/mol. The summed E-state index contributed by atoms with van der Waals surface area (Å²) in [4.78, 5) is 16.6. The van der Waals surface area contributed by atoms with Crippen molar-refractivity contribution in [1.82, 2.24) is 16.0 Å². The zero-order valence-electron chi connectivity index (χ0n) is 18.7. The second-order valence-electron chi connectivity index (χ2n) is 8.58. The Morgan fingerprint density at radius 2 is 1.97 bits per heavy atom. The van der Waals surface area contributed by atoms with Crippen molar-refractivity contribution in [2.75, 3.05) is 40.0 Å². The van der Waals surface area contributed by atoms with Gasteiger partial charge in [0.1, 0.15) is 12.3 Å². The molecule has 0 atom stereocenters. The van der Waals surface area contributed by atoms with Crippen LogP contribution in [-0.4, -0.2) is 57.4 Å². The average Bonchev–Trinajstić information content (AvgIpc) is 2.69. The van der Waals surface area contributed by atoms with E-state index in [9.17, 15) is 4.79 Å². The van der Waals surface area contributed by atoms with E-state index in [0.717, 1.165) is 24.2 Å². The summed E-state index contributed by atoms with van der Waals surface area (Å²) in [5.41, 5.74) is 0.570. The Balaban J connectivity index is 2.20. The lowest BCUT2D eigenvalue weighted by Crippen LogP contribution is -2.48. The molecule has 2 rings (SSSR count). The Kier molecular flexibility index (Phi) is 8.79. The molecule has 1 fully saturated rings. The van der Waals surface area contributed by atoms with Crippen LogP contribution in [0, 0.1) is 0 Å². The van der Waals surface area contributed by atoms with Crippen LogP contribution in [0.3, 0.4) is 0 Å². The van der Waals surface area contributed by atoms with Crippen molar-refractivity contribution >= 4 is 23.5 Å². The number of halogens is 1. The maximum atomic E-state index is 12.2. The first-order valence-corrected chi connectivity index (χ1v) is 10.8. The van der Waals surface area contributed by atoms with Crippen LogP contribution in [0.1, 0.15) is 46.1 Å². The number of nitrogens with zero attached hydrogens (tertiary/aromatic N) is 1. The van der Waals surface area contributed by atoms with E-state index in [1.807, 2.05) is 45.9 Å². The van der Waals surface area contributed by atoms with Crippen LogP contribution in [0.4, 0.5) is 0 Å². The van der Waals surface area contributed by atoms with Crippen molar-refractivity contribution in [3.8, 4) is 5.75 Å². The molecule has 1 aliphatic heterocycles. The summed E-state index contributed by atoms with van der Waals surface area (Å²) in [6.07, 6.45) is 1.67. The van der Waals surface area contributed by atoms with Gasteiger partial charge in [0.2, 0.25) is 5.91 Å². The molecule has 1 heterocycles. The number of carbonyl (C=O) groups excluding carboxylic acids is 1. The van der Waals surface area contributed by atoms with E-state index in [0.29, 0.717) is 37.3 Å². The molecule has 1 saturated heterocycles. The molecule has 1 aliphatic rings. The van der Waals surface area contributed by atoms with Crippen molar-refractivity contribution in [2.45, 2.75) is 51.5 Å². The molecule has 1 aromatic rings. The van der Waals surface area contributed by atoms with Gasteiger partial charge < -0.3 is 25.4 Å². The third-order valence-electron chi connectivity index (χ3n) is 5.02. The first kappa shape index (κ1) is 24.3. The zero-order chi connectivity index (χ0) is 22.2. The first-order chi connectivity index (χ1) is 14.2. The summed E-state index contributed by atoms with van der Waals surface area (Å²) in [6.45, 7) is 10.6. The SMILES string of the molecule is CCNC(=NCC(=O)NC(C)(C)C)NCC1(c2cc(Cl)ccc2OC)CCOCC1. The van der Waals surface area contributed by atoms with E-state index in [1.165, 1.54) is 0 Å². The van der Waals surface area contributed by atoms with E-state index in [-0.39, 0.29) is 23.4 Å². The highest BCUT2D eigenvalue weighted by Crippen LogP contribution is 2.40. The number of hydrogen-bond donors (Lipinski definition) is 3. The van der Waals surface area contributed by atoms with Gasteiger partial charge in [-0.05, 0) is 58.7 Å². The van der Waals surface area contributed by atoms with Crippen molar-refractivity contribution in [3.63, 3.8) is 0 Å². The van der Waals surface area contributed by atoms with Gasteiger partial charge in [0, 0.05) is 47.8 Å². The highest BCUT2D eigenvalue weighted by Gasteiger charge is 2.37. The fourth-order valence-electron chi connectivity index (χ4n) is 3.60. The number of amides is 1. The summed E-state index contributed by atoms with van der Waals surface area (Å²) in [7, 11) is 1.67. The molecule has 0 bridgehead atoms. The molecule has 3 N–H and O–H groups in total. The van der Waals surface area contributed by atoms with Gasteiger partial charge >= 0.3 is 0 Å². The standard InChI is InChI=1S/C22H35ClN4O3/c1-6-24-20(25-14-19(28)27-21(2,3)4)26-15-22(9-11-30-12-10-22)17-13-16(23)7-8-18(17)29-5/h7-8,13H,6,9-12,14-15H2,1-5H3,(H,27,28)(H2,24,25,26). The van der Waals surface area contributed by atoms with Crippen LogP contribution >= 0.6 is 11.6 Å². The number of ether oxygens (including phenoxy) is 2. The molecule has 0 aromatic heterocycles. The summed E-state index contributed by atoms with van der Waals surface area (Å²) >= 11 is 6.32. The van der Waals surface area contributed by atoms with Gasteiger partial charge in [-0.15, -0.1) is 0 Å². The molecule has 0 radical (unpaired) electrons. The summed E-state index contributed by atoms with van der Waals surface area (Å²) in [6, 6.07) is 5.73. The van der Waals surface area contributed by atoms with E-state index < -0.39 is 0 Å². The number of carbonyl (C=O) groups is 1. The quantitative estimate of drug-likeness (QED) is 0.450. The van der Waals surface area contributed by atoms with E-state index in [1.54, 1.807) is 7.11 Å². The summed E-state index contributed by atoms with van der Waals surface area (Å²) in [5, 5.41) is 10.2. The number of aliphatic imine (C=N–C) groups is 1. The molecule has 0 spiro atoms. The topological polar surface area (TPSA) is 84.0 Å². The van der Waals surface area contributed by atoms with Gasteiger partial charge in [-0.3, -0.25) is 4.79 Å². The Morgan fingerprint density at radius 1 is 1.27 bits per heavy atom. The second kappa shape index (κ2) is 10.9. The molecule has 8 heteroatoms. The van der Waals surface area contributed by atoms with Crippen LogP contribution in [-0.2, 0) is 14.9 Å². The van der Waals surface area contributed by atoms with Gasteiger partial charge in [-0.25, -0.2) is 4.99 Å². The summed E-state index contributed by atoms with van der Waals surface area (Å²) in [5.74, 6) is 1.31. The lowest BCUT2D eigenvalue weighted by atomic mass is 9.73. The van der Waals surface area contributed by atoms with Crippen LogP contribution < -0.4 is 20.7 Å². The fraction of sp³-hybridized carbons (Fsp3) is 0.636. The molecular weight excluding hydrogens is 404 g/mol. The van der Waals surface area contributed by atoms with E-state index in [2.05, 4.69) is 20.9 Å². The first-order valence-electron chi connectivity index (χ1n) is 10.4. The van der Waals surface area contributed by atoms with E-state index >= 15 is 0 Å². The Hall–Kier alpha value is -1.99. The maximum absolute atomic E-state index is 12.2. The molecule has 1 amide bonds. The minimum atomic E-state index is -0.284. The molecule has 0 aliphatic carbocycles.